The van der Waals surface area contributed by atoms with Crippen LogP contribution in [0.4, 0.5) is 0 Å². The maximum atomic E-state index is 12.4. The number of allylic oxidation sites excluding steroid dienone is 10. The van der Waals surface area contributed by atoms with Crippen LogP contribution in [-0.4, -0.2) is 41.0 Å². The van der Waals surface area contributed by atoms with Crippen molar-refractivity contribution in [3.63, 3.8) is 0 Å². The summed E-state index contributed by atoms with van der Waals surface area (Å²) in [6.45, 7) is 3.54. The molecule has 0 saturated heterocycles. The van der Waals surface area contributed by atoms with Gasteiger partial charge in [-0.25, -0.2) is 4.57 Å². The lowest BCUT2D eigenvalue weighted by Gasteiger charge is -2.18. The zero-order valence-electron chi connectivity index (χ0n) is 34.4. The minimum atomic E-state index is -4.76. The van der Waals surface area contributed by atoms with Crippen LogP contribution in [0.2, 0.25) is 0 Å². The smallest absolute Gasteiger partial charge is 0.462 e. The number of carbonyl (C=O) groups is 2. The maximum Gasteiger partial charge on any atom is 0.469 e. The van der Waals surface area contributed by atoms with Crippen LogP contribution >= 0.6 is 7.82 Å². The van der Waals surface area contributed by atoms with Crippen LogP contribution in [0.15, 0.2) is 60.8 Å². The molecule has 0 aromatic rings. The highest BCUT2D eigenvalue weighted by Gasteiger charge is 2.22. The van der Waals surface area contributed by atoms with Gasteiger partial charge in [0.05, 0.1) is 6.61 Å². The number of rotatable bonds is 39. The molecule has 8 nitrogen and oxygen atoms in total. The van der Waals surface area contributed by atoms with E-state index in [2.05, 4.69) is 79.1 Å². The van der Waals surface area contributed by atoms with Crippen molar-refractivity contribution >= 4 is 19.8 Å². The Kier molecular flexibility index (Phi) is 38.7. The van der Waals surface area contributed by atoms with E-state index in [9.17, 15) is 14.2 Å². The zero-order valence-corrected chi connectivity index (χ0v) is 35.2. The third kappa shape index (κ3) is 42.5. The molecule has 0 aliphatic heterocycles. The quantitative estimate of drug-likeness (QED) is 0.0274. The van der Waals surface area contributed by atoms with E-state index in [0.29, 0.717) is 6.42 Å². The number of hydrogen-bond acceptors (Lipinski definition) is 6. The van der Waals surface area contributed by atoms with E-state index in [-0.39, 0.29) is 19.4 Å². The van der Waals surface area contributed by atoms with Gasteiger partial charge in [-0.1, -0.05) is 164 Å². The Morgan fingerprint density at radius 3 is 1.33 bits per heavy atom. The zero-order chi connectivity index (χ0) is 39.6. The molecule has 0 aromatic carbocycles. The van der Waals surface area contributed by atoms with E-state index in [1.54, 1.807) is 0 Å². The lowest BCUT2D eigenvalue weighted by Crippen LogP contribution is -2.29. The second kappa shape index (κ2) is 40.4. The summed E-state index contributed by atoms with van der Waals surface area (Å²) < 4.78 is 26.4. The Labute approximate surface area is 330 Å². The fraction of sp³-hybridized carbons (Fsp3) is 0.733. The number of phosphoric ester groups is 1. The minimum Gasteiger partial charge on any atom is -0.462 e. The molecule has 312 valence electrons. The third-order valence-corrected chi connectivity index (χ3v) is 9.51. The van der Waals surface area contributed by atoms with E-state index in [1.165, 1.54) is 77.0 Å². The van der Waals surface area contributed by atoms with Crippen molar-refractivity contribution < 1.29 is 37.9 Å². The lowest BCUT2D eigenvalue weighted by atomic mass is 10.1. The van der Waals surface area contributed by atoms with Crippen LogP contribution in [0.1, 0.15) is 194 Å². The van der Waals surface area contributed by atoms with Gasteiger partial charge < -0.3 is 19.3 Å². The van der Waals surface area contributed by atoms with Gasteiger partial charge in [0.2, 0.25) is 0 Å². The van der Waals surface area contributed by atoms with Crippen LogP contribution < -0.4 is 0 Å². The predicted molar refractivity (Wildman–Crippen MR) is 225 cm³/mol. The summed E-state index contributed by atoms with van der Waals surface area (Å²) in [6, 6.07) is 0. The van der Waals surface area contributed by atoms with Crippen LogP contribution in [0.3, 0.4) is 0 Å². The van der Waals surface area contributed by atoms with Crippen molar-refractivity contribution in [2.45, 2.75) is 200 Å². The first-order chi connectivity index (χ1) is 26.3. The second-order valence-corrected chi connectivity index (χ2v) is 15.5. The van der Waals surface area contributed by atoms with Crippen molar-refractivity contribution in [1.29, 1.82) is 0 Å². The van der Waals surface area contributed by atoms with Gasteiger partial charge in [0.25, 0.3) is 0 Å². The van der Waals surface area contributed by atoms with E-state index >= 15 is 0 Å². The van der Waals surface area contributed by atoms with E-state index < -0.39 is 32.5 Å². The van der Waals surface area contributed by atoms with Gasteiger partial charge in [-0.15, -0.1) is 0 Å². The Hall–Kier alpha value is -2.25. The van der Waals surface area contributed by atoms with Crippen molar-refractivity contribution in [1.82, 2.24) is 0 Å². The summed E-state index contributed by atoms with van der Waals surface area (Å²) >= 11 is 0. The number of carbonyl (C=O) groups excluding carboxylic acids is 2. The molecule has 0 amide bonds. The number of ether oxygens (including phenoxy) is 2. The SMILES string of the molecule is CC/C=C\C/C=C\C/C=C\CCCCCCCCCC(=O)OC(COC(=O)CCCCCCCCCCC/C=C\C/C=C\CCCCC)COP(=O)(O)O. The van der Waals surface area contributed by atoms with Gasteiger partial charge in [0, 0.05) is 12.8 Å². The predicted octanol–water partition coefficient (Wildman–Crippen LogP) is 13.3. The highest BCUT2D eigenvalue weighted by Crippen LogP contribution is 2.36. The topological polar surface area (TPSA) is 119 Å². The maximum absolute atomic E-state index is 12.4. The number of esters is 2. The second-order valence-electron chi connectivity index (χ2n) is 14.3. The van der Waals surface area contributed by atoms with Gasteiger partial charge >= 0.3 is 19.8 Å². The largest absolute Gasteiger partial charge is 0.469 e. The van der Waals surface area contributed by atoms with Gasteiger partial charge in [-0.05, 0) is 77.0 Å². The van der Waals surface area contributed by atoms with Gasteiger partial charge in [-0.3, -0.25) is 14.1 Å². The molecule has 0 aliphatic rings. The van der Waals surface area contributed by atoms with Crippen molar-refractivity contribution in [2.24, 2.45) is 0 Å². The summed E-state index contributed by atoms with van der Waals surface area (Å²) in [5.74, 6) is -0.902. The first kappa shape index (κ1) is 51.8. The standard InChI is InChI=1S/C45H79O8P/c1-3-5-7-9-11-13-15-17-19-21-22-24-25-27-29-31-33-35-37-39-44(46)51-41-43(42-52-54(48,49)50)53-45(47)40-38-36-34-32-30-28-26-23-20-18-16-14-12-10-8-6-4-2/h6,8,11-14,17-20,43H,3-5,7,9-10,15-16,21-42H2,1-2H3,(H2,48,49,50)/b8-6-,13-11-,14-12-,19-17-,20-18-. The Balaban J connectivity index is 3.92. The highest BCUT2D eigenvalue weighted by atomic mass is 31.2. The molecule has 0 bridgehead atoms. The molecule has 54 heavy (non-hydrogen) atoms. The number of unbranched alkanes of at least 4 members (excludes halogenated alkanes) is 19. The molecule has 0 radical (unpaired) electrons. The van der Waals surface area contributed by atoms with Crippen LogP contribution in [0.5, 0.6) is 0 Å². The van der Waals surface area contributed by atoms with Gasteiger partial charge in [0.1, 0.15) is 6.61 Å². The highest BCUT2D eigenvalue weighted by molar-refractivity contribution is 7.46. The Bertz CT molecular complexity index is 1060. The number of phosphoric acid groups is 1. The summed E-state index contributed by atoms with van der Waals surface area (Å²) in [5.41, 5.74) is 0. The van der Waals surface area contributed by atoms with Crippen molar-refractivity contribution in [3.8, 4) is 0 Å². The molecule has 0 rings (SSSR count). The molecule has 1 unspecified atom stereocenters. The van der Waals surface area contributed by atoms with E-state index in [1.807, 2.05) is 0 Å². The molecule has 1 atom stereocenters. The average molecular weight is 779 g/mol. The van der Waals surface area contributed by atoms with E-state index in [0.717, 1.165) is 83.5 Å². The fourth-order valence-electron chi connectivity index (χ4n) is 5.83. The lowest BCUT2D eigenvalue weighted by molar-refractivity contribution is -0.161. The summed E-state index contributed by atoms with van der Waals surface area (Å²) in [4.78, 5) is 42.9. The molecular formula is C45H79O8P. The molecule has 0 spiro atoms. The Morgan fingerprint density at radius 1 is 0.500 bits per heavy atom. The van der Waals surface area contributed by atoms with Crippen LogP contribution in [0, 0.1) is 0 Å². The molecule has 0 aliphatic carbocycles. The summed E-state index contributed by atoms with van der Waals surface area (Å²) in [7, 11) is -4.76. The first-order valence-corrected chi connectivity index (χ1v) is 23.1. The van der Waals surface area contributed by atoms with Crippen molar-refractivity contribution in [3.05, 3.63) is 60.8 Å². The Morgan fingerprint density at radius 2 is 0.889 bits per heavy atom. The summed E-state index contributed by atoms with van der Waals surface area (Å²) in [5, 5.41) is 0. The van der Waals surface area contributed by atoms with Gasteiger partial charge in [0.15, 0.2) is 6.10 Å². The molecule has 9 heteroatoms. The molecule has 0 aromatic heterocycles. The van der Waals surface area contributed by atoms with Crippen LogP contribution in [0.25, 0.3) is 0 Å². The first-order valence-electron chi connectivity index (χ1n) is 21.6. The molecule has 0 saturated carbocycles. The molecular weight excluding hydrogens is 699 g/mol. The van der Waals surface area contributed by atoms with Crippen LogP contribution in [-0.2, 0) is 28.2 Å². The molecule has 0 fully saturated rings. The molecule has 2 N–H and O–H groups in total. The normalized spacial score (nSPS) is 13.0. The minimum absolute atomic E-state index is 0.198. The summed E-state index contributed by atoms with van der Waals surface area (Å²) in [6.07, 6.45) is 50.8. The van der Waals surface area contributed by atoms with Gasteiger partial charge in [-0.2, -0.15) is 0 Å². The monoisotopic (exact) mass is 779 g/mol. The van der Waals surface area contributed by atoms with E-state index in [4.69, 9.17) is 19.3 Å². The molecule has 0 heterocycles. The van der Waals surface area contributed by atoms with Crippen molar-refractivity contribution in [2.75, 3.05) is 13.2 Å². The third-order valence-electron chi connectivity index (χ3n) is 9.02. The fourth-order valence-corrected chi connectivity index (χ4v) is 6.19. The number of hydrogen-bond donors (Lipinski definition) is 2. The average Bonchev–Trinajstić information content (AvgIpc) is 3.14.